The topological polar surface area (TPSA) is 38.3 Å². The minimum Gasteiger partial charge on any atom is -0.350 e. The van der Waals surface area contributed by atoms with Crippen molar-refractivity contribution in [2.75, 3.05) is 0 Å². The first-order valence-corrected chi connectivity index (χ1v) is 4.32. The third-order valence-corrected chi connectivity index (χ3v) is 2.15. The molecule has 1 fully saturated rings. The van der Waals surface area contributed by atoms with Gasteiger partial charge in [-0.3, -0.25) is 4.79 Å². The molecule has 1 atom stereocenters. The molecule has 1 heterocycles. The van der Waals surface area contributed by atoms with Gasteiger partial charge in [-0.2, -0.15) is 0 Å². The maximum atomic E-state index is 10.8. The molecule has 0 saturated carbocycles. The monoisotopic (exact) mass is 171 g/mol. The van der Waals surface area contributed by atoms with Crippen LogP contribution in [0.5, 0.6) is 0 Å². The summed E-state index contributed by atoms with van der Waals surface area (Å²) in [6.07, 6.45) is 1.88. The zero-order valence-electron chi connectivity index (χ0n) is 8.23. The lowest BCUT2D eigenvalue weighted by Crippen LogP contribution is -2.46. The standard InChI is InChI=1S/C9H17NO2/c1-7(11)10-9(4)6-5-8(2,3)12-9/h5-6H2,1-4H3,(H,10,11). The second kappa shape index (κ2) is 2.73. The maximum absolute atomic E-state index is 10.8. The minimum atomic E-state index is -0.449. The van der Waals surface area contributed by atoms with Gasteiger partial charge in [0.2, 0.25) is 5.91 Å². The van der Waals surface area contributed by atoms with Gasteiger partial charge in [0.1, 0.15) is 5.72 Å². The predicted molar refractivity (Wildman–Crippen MR) is 46.6 cm³/mol. The Morgan fingerprint density at radius 3 is 2.25 bits per heavy atom. The van der Waals surface area contributed by atoms with Crippen molar-refractivity contribution in [2.45, 2.75) is 51.9 Å². The van der Waals surface area contributed by atoms with Crippen LogP contribution in [0.4, 0.5) is 0 Å². The molecule has 0 aromatic carbocycles. The first-order chi connectivity index (χ1) is 5.33. The lowest BCUT2D eigenvalue weighted by atomic mass is 10.0. The molecule has 1 N–H and O–H groups in total. The van der Waals surface area contributed by atoms with E-state index < -0.39 is 5.72 Å². The van der Waals surface area contributed by atoms with Crippen LogP contribution in [0.25, 0.3) is 0 Å². The first kappa shape index (κ1) is 9.52. The fraction of sp³-hybridized carbons (Fsp3) is 0.889. The second-order valence-electron chi connectivity index (χ2n) is 4.27. The van der Waals surface area contributed by atoms with Gasteiger partial charge < -0.3 is 10.1 Å². The zero-order valence-corrected chi connectivity index (χ0v) is 8.23. The van der Waals surface area contributed by atoms with E-state index in [0.717, 1.165) is 12.8 Å². The predicted octanol–water partition coefficient (Wildman–Crippen LogP) is 1.43. The quantitative estimate of drug-likeness (QED) is 0.648. The molecular weight excluding hydrogens is 154 g/mol. The third kappa shape index (κ3) is 2.21. The summed E-state index contributed by atoms with van der Waals surface area (Å²) in [4.78, 5) is 10.8. The Labute approximate surface area is 73.5 Å². The Morgan fingerprint density at radius 1 is 1.33 bits per heavy atom. The van der Waals surface area contributed by atoms with Crippen molar-refractivity contribution >= 4 is 5.91 Å². The van der Waals surface area contributed by atoms with E-state index in [-0.39, 0.29) is 11.5 Å². The number of ether oxygens (including phenoxy) is 1. The molecule has 0 bridgehead atoms. The Kier molecular flexibility index (Phi) is 2.17. The summed E-state index contributed by atoms with van der Waals surface area (Å²) in [5.41, 5.74) is -0.549. The maximum Gasteiger partial charge on any atom is 0.219 e. The van der Waals surface area contributed by atoms with Crippen LogP contribution < -0.4 is 5.32 Å². The molecule has 1 rings (SSSR count). The molecule has 0 aromatic heterocycles. The highest BCUT2D eigenvalue weighted by atomic mass is 16.5. The fourth-order valence-corrected chi connectivity index (χ4v) is 1.71. The molecule has 0 spiro atoms. The van der Waals surface area contributed by atoms with E-state index in [1.54, 1.807) is 0 Å². The molecule has 3 heteroatoms. The highest BCUT2D eigenvalue weighted by Gasteiger charge is 2.41. The Balaban J connectivity index is 2.58. The second-order valence-corrected chi connectivity index (χ2v) is 4.27. The highest BCUT2D eigenvalue weighted by molar-refractivity contribution is 5.73. The molecule has 0 radical (unpaired) electrons. The average Bonchev–Trinajstić information content (AvgIpc) is 2.03. The van der Waals surface area contributed by atoms with Gasteiger partial charge in [0.15, 0.2) is 0 Å². The van der Waals surface area contributed by atoms with Crippen LogP contribution in [0.15, 0.2) is 0 Å². The number of hydrogen-bond donors (Lipinski definition) is 1. The van der Waals surface area contributed by atoms with Gasteiger partial charge in [-0.05, 0) is 33.6 Å². The normalized spacial score (nSPS) is 33.3. The van der Waals surface area contributed by atoms with Crippen LogP contribution in [0.3, 0.4) is 0 Å². The summed E-state index contributed by atoms with van der Waals surface area (Å²) in [5, 5.41) is 2.81. The van der Waals surface area contributed by atoms with Crippen molar-refractivity contribution in [3.63, 3.8) is 0 Å². The Hall–Kier alpha value is -0.570. The molecule has 1 saturated heterocycles. The van der Waals surface area contributed by atoms with E-state index in [4.69, 9.17) is 4.74 Å². The van der Waals surface area contributed by atoms with Crippen LogP contribution in [-0.4, -0.2) is 17.2 Å². The molecule has 1 amide bonds. The Bertz CT molecular complexity index is 201. The van der Waals surface area contributed by atoms with Crippen LogP contribution in [0, 0.1) is 0 Å². The SMILES string of the molecule is CC(=O)NC1(C)CCC(C)(C)O1. The molecule has 0 aliphatic carbocycles. The van der Waals surface area contributed by atoms with Crippen molar-refractivity contribution in [2.24, 2.45) is 0 Å². The minimum absolute atomic E-state index is 0.0322. The van der Waals surface area contributed by atoms with Crippen molar-refractivity contribution < 1.29 is 9.53 Å². The first-order valence-electron chi connectivity index (χ1n) is 4.32. The average molecular weight is 171 g/mol. The highest BCUT2D eigenvalue weighted by Crippen LogP contribution is 2.35. The number of carbonyl (C=O) groups excluding carboxylic acids is 1. The lowest BCUT2D eigenvalue weighted by molar-refractivity contribution is -0.134. The molecule has 1 aliphatic rings. The Morgan fingerprint density at radius 2 is 1.92 bits per heavy atom. The van der Waals surface area contributed by atoms with Gasteiger partial charge >= 0.3 is 0 Å². The number of nitrogens with one attached hydrogen (secondary N) is 1. The van der Waals surface area contributed by atoms with E-state index >= 15 is 0 Å². The van der Waals surface area contributed by atoms with Crippen molar-refractivity contribution in [3.05, 3.63) is 0 Å². The van der Waals surface area contributed by atoms with Gasteiger partial charge in [0.05, 0.1) is 5.60 Å². The number of rotatable bonds is 1. The summed E-state index contributed by atoms with van der Waals surface area (Å²) >= 11 is 0. The van der Waals surface area contributed by atoms with Crippen LogP contribution in [0.1, 0.15) is 40.5 Å². The summed E-state index contributed by atoms with van der Waals surface area (Å²) in [6.45, 7) is 7.52. The largest absolute Gasteiger partial charge is 0.350 e. The van der Waals surface area contributed by atoms with Gasteiger partial charge in [0.25, 0.3) is 0 Å². The number of carbonyl (C=O) groups is 1. The van der Waals surface area contributed by atoms with Gasteiger partial charge in [0, 0.05) is 6.92 Å². The fourth-order valence-electron chi connectivity index (χ4n) is 1.71. The smallest absolute Gasteiger partial charge is 0.219 e. The van der Waals surface area contributed by atoms with Crippen molar-refractivity contribution in [1.82, 2.24) is 5.32 Å². The number of amides is 1. The molecule has 1 unspecified atom stereocenters. The summed E-state index contributed by atoms with van der Waals surface area (Å²) in [5.74, 6) is -0.0322. The lowest BCUT2D eigenvalue weighted by Gasteiger charge is -2.28. The van der Waals surface area contributed by atoms with Crippen LogP contribution in [0.2, 0.25) is 0 Å². The summed E-state index contributed by atoms with van der Waals surface area (Å²) < 4.78 is 5.72. The van der Waals surface area contributed by atoms with E-state index in [1.807, 2.05) is 20.8 Å². The zero-order chi connectivity index (χ0) is 9.41. The summed E-state index contributed by atoms with van der Waals surface area (Å²) in [7, 11) is 0. The van der Waals surface area contributed by atoms with Gasteiger partial charge in [-0.25, -0.2) is 0 Å². The molecule has 12 heavy (non-hydrogen) atoms. The molecular formula is C9H17NO2. The van der Waals surface area contributed by atoms with Gasteiger partial charge in [-0.1, -0.05) is 0 Å². The van der Waals surface area contributed by atoms with Crippen molar-refractivity contribution in [1.29, 1.82) is 0 Å². The third-order valence-electron chi connectivity index (χ3n) is 2.15. The van der Waals surface area contributed by atoms with E-state index in [2.05, 4.69) is 5.32 Å². The van der Waals surface area contributed by atoms with Crippen molar-refractivity contribution in [3.8, 4) is 0 Å². The van der Waals surface area contributed by atoms with Crippen LogP contribution >= 0.6 is 0 Å². The van der Waals surface area contributed by atoms with Crippen LogP contribution in [-0.2, 0) is 9.53 Å². The molecule has 1 aliphatic heterocycles. The molecule has 3 nitrogen and oxygen atoms in total. The van der Waals surface area contributed by atoms with Gasteiger partial charge in [-0.15, -0.1) is 0 Å². The van der Waals surface area contributed by atoms with E-state index in [9.17, 15) is 4.79 Å². The molecule has 70 valence electrons. The summed E-state index contributed by atoms with van der Waals surface area (Å²) in [6, 6.07) is 0. The number of hydrogen-bond acceptors (Lipinski definition) is 2. The molecule has 0 aromatic rings. The van der Waals surface area contributed by atoms with E-state index in [0.29, 0.717) is 0 Å². The van der Waals surface area contributed by atoms with E-state index in [1.165, 1.54) is 6.92 Å².